The molecule has 2 heterocycles. The van der Waals surface area contributed by atoms with E-state index in [0.29, 0.717) is 0 Å². The van der Waals surface area contributed by atoms with Crippen molar-refractivity contribution in [2.45, 2.75) is 18.8 Å². The molecule has 1 fully saturated rings. The van der Waals surface area contributed by atoms with Crippen molar-refractivity contribution in [2.24, 2.45) is 0 Å². The van der Waals surface area contributed by atoms with Crippen molar-refractivity contribution in [3.63, 3.8) is 0 Å². The fraction of sp³-hybridized carbons (Fsp3) is 0.462. The molecule has 1 aliphatic heterocycles. The SMILES string of the molecule is COC(=O)c1ncc(C2CCCNC2)cc1NC(=O)O. The molecule has 0 bridgehead atoms. The van der Waals surface area contributed by atoms with Crippen LogP contribution in [-0.4, -0.2) is 42.4 Å². The van der Waals surface area contributed by atoms with Gasteiger partial charge in [0.15, 0.2) is 5.69 Å². The molecule has 1 amide bonds. The van der Waals surface area contributed by atoms with Crippen molar-refractivity contribution in [3.05, 3.63) is 23.5 Å². The molecule has 0 aliphatic carbocycles. The van der Waals surface area contributed by atoms with Crippen LogP contribution in [-0.2, 0) is 4.74 Å². The third kappa shape index (κ3) is 3.24. The monoisotopic (exact) mass is 279 g/mol. The second-order valence-electron chi connectivity index (χ2n) is 4.63. The van der Waals surface area contributed by atoms with Gasteiger partial charge >= 0.3 is 12.1 Å². The molecular weight excluding hydrogens is 262 g/mol. The average Bonchev–Trinajstić information content (AvgIpc) is 2.46. The van der Waals surface area contributed by atoms with Crippen LogP contribution in [0.5, 0.6) is 0 Å². The number of hydrogen-bond acceptors (Lipinski definition) is 5. The van der Waals surface area contributed by atoms with Gasteiger partial charge in [-0.05, 0) is 36.9 Å². The smallest absolute Gasteiger partial charge is 0.409 e. The molecule has 1 aromatic heterocycles. The zero-order chi connectivity index (χ0) is 14.5. The minimum absolute atomic E-state index is 0.0255. The van der Waals surface area contributed by atoms with Crippen molar-refractivity contribution in [2.75, 3.05) is 25.5 Å². The lowest BCUT2D eigenvalue weighted by Crippen LogP contribution is -2.28. The number of carboxylic acid groups (broad SMARTS) is 1. The molecule has 3 N–H and O–H groups in total. The first-order chi connectivity index (χ1) is 9.61. The zero-order valence-electron chi connectivity index (χ0n) is 11.2. The molecule has 0 aromatic carbocycles. The van der Waals surface area contributed by atoms with Gasteiger partial charge in [0.05, 0.1) is 12.8 Å². The standard InChI is InChI=1S/C13H17N3O4/c1-20-12(17)11-10(16-13(18)19)5-9(7-15-11)8-3-2-4-14-6-8/h5,7-8,14,16H,2-4,6H2,1H3,(H,18,19). The van der Waals surface area contributed by atoms with Crippen LogP contribution in [0.4, 0.5) is 10.5 Å². The van der Waals surface area contributed by atoms with Crippen LogP contribution < -0.4 is 10.6 Å². The Morgan fingerprint density at radius 2 is 2.35 bits per heavy atom. The van der Waals surface area contributed by atoms with Gasteiger partial charge in [0.2, 0.25) is 0 Å². The summed E-state index contributed by atoms with van der Waals surface area (Å²) in [7, 11) is 1.23. The first-order valence-corrected chi connectivity index (χ1v) is 6.40. The highest BCUT2D eigenvalue weighted by Crippen LogP contribution is 2.26. The van der Waals surface area contributed by atoms with Crippen LogP contribution >= 0.6 is 0 Å². The summed E-state index contributed by atoms with van der Waals surface area (Å²) in [5.41, 5.74) is 1.04. The summed E-state index contributed by atoms with van der Waals surface area (Å²) in [4.78, 5) is 26.4. The number of nitrogens with zero attached hydrogens (tertiary/aromatic N) is 1. The van der Waals surface area contributed by atoms with Crippen LogP contribution in [0.15, 0.2) is 12.3 Å². The lowest BCUT2D eigenvalue weighted by Gasteiger charge is -2.23. The highest BCUT2D eigenvalue weighted by atomic mass is 16.5. The normalized spacial score (nSPS) is 18.4. The van der Waals surface area contributed by atoms with Crippen molar-refractivity contribution >= 4 is 17.7 Å². The van der Waals surface area contributed by atoms with E-state index in [1.165, 1.54) is 7.11 Å². The Kier molecular flexibility index (Phi) is 4.52. The summed E-state index contributed by atoms with van der Waals surface area (Å²) in [5.74, 6) is -0.389. The van der Waals surface area contributed by atoms with E-state index in [0.717, 1.165) is 31.5 Å². The molecule has 0 saturated carbocycles. The van der Waals surface area contributed by atoms with E-state index >= 15 is 0 Å². The van der Waals surface area contributed by atoms with Gasteiger partial charge in [0.1, 0.15) is 0 Å². The molecule has 7 heteroatoms. The number of carbonyl (C=O) groups excluding carboxylic acids is 1. The average molecular weight is 279 g/mol. The lowest BCUT2D eigenvalue weighted by molar-refractivity contribution is 0.0595. The molecule has 0 spiro atoms. The molecule has 1 aromatic rings. The first-order valence-electron chi connectivity index (χ1n) is 6.40. The molecule has 1 unspecified atom stereocenters. The number of aromatic nitrogens is 1. The highest BCUT2D eigenvalue weighted by Gasteiger charge is 2.20. The van der Waals surface area contributed by atoms with Gasteiger partial charge in [-0.2, -0.15) is 0 Å². The van der Waals surface area contributed by atoms with E-state index in [4.69, 9.17) is 5.11 Å². The van der Waals surface area contributed by atoms with Crippen LogP contribution in [0.3, 0.4) is 0 Å². The van der Waals surface area contributed by atoms with Gasteiger partial charge in [-0.3, -0.25) is 5.32 Å². The number of rotatable bonds is 3. The van der Waals surface area contributed by atoms with Crippen molar-refractivity contribution < 1.29 is 19.4 Å². The van der Waals surface area contributed by atoms with E-state index in [9.17, 15) is 9.59 Å². The van der Waals surface area contributed by atoms with E-state index in [1.807, 2.05) is 0 Å². The molecule has 108 valence electrons. The van der Waals surface area contributed by atoms with E-state index < -0.39 is 12.1 Å². The molecule has 1 aliphatic rings. The Bertz CT molecular complexity index is 512. The highest BCUT2D eigenvalue weighted by molar-refractivity contribution is 5.97. The number of esters is 1. The number of anilines is 1. The van der Waals surface area contributed by atoms with Crippen LogP contribution in [0.2, 0.25) is 0 Å². The second kappa shape index (κ2) is 6.33. The Hall–Kier alpha value is -2.15. The van der Waals surface area contributed by atoms with Crippen LogP contribution in [0, 0.1) is 0 Å². The summed E-state index contributed by atoms with van der Waals surface area (Å²) in [6, 6.07) is 1.66. The molecular formula is C13H17N3O4. The minimum Gasteiger partial charge on any atom is -0.465 e. The van der Waals surface area contributed by atoms with Crippen LogP contribution in [0.1, 0.15) is 34.8 Å². The maximum absolute atomic E-state index is 11.6. The molecule has 20 heavy (non-hydrogen) atoms. The molecule has 7 nitrogen and oxygen atoms in total. The number of hydrogen-bond donors (Lipinski definition) is 3. The first kappa shape index (κ1) is 14.3. The van der Waals surface area contributed by atoms with E-state index in [2.05, 4.69) is 20.4 Å². The number of amides is 1. The minimum atomic E-state index is -1.24. The predicted octanol–water partition coefficient (Wildman–Crippen LogP) is 1.43. The van der Waals surface area contributed by atoms with Crippen molar-refractivity contribution in [3.8, 4) is 0 Å². The van der Waals surface area contributed by atoms with Crippen molar-refractivity contribution in [1.82, 2.24) is 10.3 Å². The Balaban J connectivity index is 2.31. The third-order valence-electron chi connectivity index (χ3n) is 3.30. The summed E-state index contributed by atoms with van der Waals surface area (Å²) in [6.45, 7) is 1.82. The number of nitrogens with one attached hydrogen (secondary N) is 2. The lowest BCUT2D eigenvalue weighted by atomic mass is 9.92. The Labute approximate surface area is 116 Å². The summed E-state index contributed by atoms with van der Waals surface area (Å²) in [5, 5.41) is 14.3. The molecule has 2 rings (SSSR count). The predicted molar refractivity (Wildman–Crippen MR) is 72.1 cm³/mol. The summed E-state index contributed by atoms with van der Waals surface area (Å²) < 4.78 is 4.60. The van der Waals surface area contributed by atoms with Gasteiger partial charge in [0.25, 0.3) is 0 Å². The summed E-state index contributed by atoms with van der Waals surface area (Å²) in [6.07, 6.45) is 2.44. The number of pyridine rings is 1. The fourth-order valence-corrected chi connectivity index (χ4v) is 2.31. The molecule has 0 radical (unpaired) electrons. The largest absolute Gasteiger partial charge is 0.465 e. The van der Waals surface area contributed by atoms with Crippen LogP contribution in [0.25, 0.3) is 0 Å². The number of carbonyl (C=O) groups is 2. The summed E-state index contributed by atoms with van der Waals surface area (Å²) >= 11 is 0. The maximum atomic E-state index is 11.6. The Morgan fingerprint density at radius 1 is 1.55 bits per heavy atom. The fourth-order valence-electron chi connectivity index (χ4n) is 2.31. The number of methoxy groups -OCH3 is 1. The molecule has 1 atom stereocenters. The topological polar surface area (TPSA) is 101 Å². The maximum Gasteiger partial charge on any atom is 0.409 e. The van der Waals surface area contributed by atoms with Crippen molar-refractivity contribution in [1.29, 1.82) is 0 Å². The van der Waals surface area contributed by atoms with Gasteiger partial charge in [-0.1, -0.05) is 0 Å². The van der Waals surface area contributed by atoms with Gasteiger partial charge in [-0.15, -0.1) is 0 Å². The van der Waals surface area contributed by atoms with E-state index in [-0.39, 0.29) is 17.3 Å². The molecule has 1 saturated heterocycles. The van der Waals surface area contributed by atoms with E-state index in [1.54, 1.807) is 12.3 Å². The Morgan fingerprint density at radius 3 is 2.95 bits per heavy atom. The van der Waals surface area contributed by atoms with Gasteiger partial charge in [0, 0.05) is 12.7 Å². The third-order valence-corrected chi connectivity index (χ3v) is 3.30. The quantitative estimate of drug-likeness (QED) is 0.723. The second-order valence-corrected chi connectivity index (χ2v) is 4.63. The van der Waals surface area contributed by atoms with Gasteiger partial charge < -0.3 is 15.2 Å². The zero-order valence-corrected chi connectivity index (χ0v) is 11.2. The van der Waals surface area contributed by atoms with Gasteiger partial charge in [-0.25, -0.2) is 14.6 Å². The number of ether oxygens (including phenoxy) is 1. The number of piperidine rings is 1.